The normalized spacial score (nSPS) is 20.2. The van der Waals surface area contributed by atoms with Crippen LogP contribution in [-0.4, -0.2) is 38.5 Å². The van der Waals surface area contributed by atoms with E-state index in [9.17, 15) is 4.79 Å². The first-order valence-electron chi connectivity index (χ1n) is 9.27. The van der Waals surface area contributed by atoms with Crippen LogP contribution in [-0.2, 0) is 0 Å². The Hall–Kier alpha value is -2.69. The molecule has 4 rings (SSSR count). The van der Waals surface area contributed by atoms with E-state index in [0.29, 0.717) is 17.5 Å². The number of benzene rings is 1. The van der Waals surface area contributed by atoms with Gasteiger partial charge < -0.3 is 4.90 Å². The summed E-state index contributed by atoms with van der Waals surface area (Å²) in [6.07, 6.45) is 6.22. The minimum Gasteiger partial charge on any atom is -0.339 e. The van der Waals surface area contributed by atoms with E-state index >= 15 is 0 Å². The molecule has 5 heteroatoms. The molecule has 1 amide bonds. The molecule has 0 N–H and O–H groups in total. The predicted molar refractivity (Wildman–Crippen MR) is 101 cm³/mol. The SMILES string of the molecule is Cc1nnc2ccc(C(=O)N(C)C3CCC(c4ccccc4)CC3)cn12. The average Bonchev–Trinajstić information content (AvgIpc) is 3.08. The summed E-state index contributed by atoms with van der Waals surface area (Å²) in [5.74, 6) is 1.48. The van der Waals surface area contributed by atoms with Gasteiger partial charge in [0, 0.05) is 19.3 Å². The lowest BCUT2D eigenvalue weighted by Crippen LogP contribution is -2.39. The number of amides is 1. The van der Waals surface area contributed by atoms with E-state index in [-0.39, 0.29) is 5.91 Å². The monoisotopic (exact) mass is 348 g/mol. The highest BCUT2D eigenvalue weighted by atomic mass is 16.2. The van der Waals surface area contributed by atoms with Crippen molar-refractivity contribution >= 4 is 11.6 Å². The number of aromatic nitrogens is 3. The number of hydrogen-bond acceptors (Lipinski definition) is 3. The molecule has 2 heterocycles. The Bertz CT molecular complexity index is 910. The number of aryl methyl sites for hydroxylation is 1. The van der Waals surface area contributed by atoms with Crippen LogP contribution < -0.4 is 0 Å². The van der Waals surface area contributed by atoms with Gasteiger partial charge in [0.1, 0.15) is 5.82 Å². The lowest BCUT2D eigenvalue weighted by Gasteiger charge is -2.35. The predicted octanol–water partition coefficient (Wildman–Crippen LogP) is 3.84. The minimum absolute atomic E-state index is 0.0724. The summed E-state index contributed by atoms with van der Waals surface area (Å²) in [5, 5.41) is 8.13. The molecule has 0 unspecified atom stereocenters. The Balaban J connectivity index is 1.44. The van der Waals surface area contributed by atoms with Gasteiger partial charge in [0.15, 0.2) is 5.65 Å². The maximum Gasteiger partial charge on any atom is 0.255 e. The number of carbonyl (C=O) groups is 1. The number of carbonyl (C=O) groups excluding carboxylic acids is 1. The first-order valence-corrected chi connectivity index (χ1v) is 9.27. The van der Waals surface area contributed by atoms with E-state index in [0.717, 1.165) is 37.2 Å². The second-order valence-electron chi connectivity index (χ2n) is 7.23. The molecule has 5 nitrogen and oxygen atoms in total. The van der Waals surface area contributed by atoms with E-state index in [1.54, 1.807) is 0 Å². The van der Waals surface area contributed by atoms with Gasteiger partial charge in [-0.25, -0.2) is 0 Å². The lowest BCUT2D eigenvalue weighted by atomic mass is 9.81. The molecule has 0 saturated heterocycles. The van der Waals surface area contributed by atoms with Crippen LogP contribution in [0, 0.1) is 6.92 Å². The fraction of sp³-hybridized carbons (Fsp3) is 0.381. The molecule has 0 atom stereocenters. The van der Waals surface area contributed by atoms with E-state index < -0.39 is 0 Å². The van der Waals surface area contributed by atoms with Crippen LogP contribution >= 0.6 is 0 Å². The van der Waals surface area contributed by atoms with Crippen molar-refractivity contribution in [2.24, 2.45) is 0 Å². The van der Waals surface area contributed by atoms with Crippen molar-refractivity contribution in [1.82, 2.24) is 19.5 Å². The second kappa shape index (κ2) is 6.90. The fourth-order valence-electron chi connectivity index (χ4n) is 4.02. The standard InChI is InChI=1S/C21H24N4O/c1-15-22-23-20-13-10-18(14-25(15)20)21(26)24(2)19-11-8-17(9-12-19)16-6-4-3-5-7-16/h3-7,10,13-14,17,19H,8-9,11-12H2,1-2H3. The first-order chi connectivity index (χ1) is 12.6. The number of fused-ring (bicyclic) bond motifs is 1. The Kier molecular flexibility index (Phi) is 4.45. The molecular formula is C21H24N4O. The third-order valence-corrected chi connectivity index (χ3v) is 5.66. The summed E-state index contributed by atoms with van der Waals surface area (Å²) in [5.41, 5.74) is 2.88. The molecule has 134 valence electrons. The highest BCUT2D eigenvalue weighted by Crippen LogP contribution is 2.34. The Labute approximate surface area is 153 Å². The molecule has 0 spiro atoms. The minimum atomic E-state index is 0.0724. The van der Waals surface area contributed by atoms with Crippen molar-refractivity contribution in [3.63, 3.8) is 0 Å². The zero-order chi connectivity index (χ0) is 18.1. The van der Waals surface area contributed by atoms with Gasteiger partial charge in [-0.3, -0.25) is 9.20 Å². The fourth-order valence-corrected chi connectivity index (χ4v) is 4.02. The Morgan fingerprint density at radius 1 is 1.04 bits per heavy atom. The first kappa shape index (κ1) is 16.8. The van der Waals surface area contributed by atoms with Crippen LogP contribution in [0.15, 0.2) is 48.7 Å². The zero-order valence-electron chi connectivity index (χ0n) is 15.3. The number of nitrogens with zero attached hydrogens (tertiary/aromatic N) is 4. The highest BCUT2D eigenvalue weighted by molar-refractivity contribution is 5.94. The largest absolute Gasteiger partial charge is 0.339 e. The van der Waals surface area contributed by atoms with Gasteiger partial charge in [-0.1, -0.05) is 30.3 Å². The van der Waals surface area contributed by atoms with Crippen LogP contribution in [0.2, 0.25) is 0 Å². The summed E-state index contributed by atoms with van der Waals surface area (Å²) < 4.78 is 1.87. The Morgan fingerprint density at radius 3 is 2.50 bits per heavy atom. The second-order valence-corrected chi connectivity index (χ2v) is 7.23. The molecule has 0 bridgehead atoms. The Morgan fingerprint density at radius 2 is 1.77 bits per heavy atom. The summed E-state index contributed by atoms with van der Waals surface area (Å²) in [6, 6.07) is 14.7. The maximum atomic E-state index is 12.9. The molecule has 2 aromatic heterocycles. The van der Waals surface area contributed by atoms with Gasteiger partial charge in [-0.2, -0.15) is 0 Å². The molecule has 0 aliphatic heterocycles. The molecule has 1 saturated carbocycles. The lowest BCUT2D eigenvalue weighted by molar-refractivity contribution is 0.0689. The van der Waals surface area contributed by atoms with Gasteiger partial charge in [-0.15, -0.1) is 10.2 Å². The summed E-state index contributed by atoms with van der Waals surface area (Å²) in [4.78, 5) is 14.9. The van der Waals surface area contributed by atoms with Gasteiger partial charge in [-0.05, 0) is 56.2 Å². The topological polar surface area (TPSA) is 50.5 Å². The molecule has 0 radical (unpaired) electrons. The number of pyridine rings is 1. The molecular weight excluding hydrogens is 324 g/mol. The quantitative estimate of drug-likeness (QED) is 0.723. The van der Waals surface area contributed by atoms with E-state index in [1.807, 2.05) is 41.6 Å². The maximum absolute atomic E-state index is 12.9. The smallest absolute Gasteiger partial charge is 0.255 e. The number of rotatable bonds is 3. The molecule has 1 aromatic carbocycles. The van der Waals surface area contributed by atoms with Crippen molar-refractivity contribution in [2.45, 2.75) is 44.6 Å². The zero-order valence-corrected chi connectivity index (χ0v) is 15.3. The van der Waals surface area contributed by atoms with Gasteiger partial charge in [0.25, 0.3) is 5.91 Å². The van der Waals surface area contributed by atoms with Crippen molar-refractivity contribution in [3.8, 4) is 0 Å². The average molecular weight is 348 g/mol. The highest BCUT2D eigenvalue weighted by Gasteiger charge is 2.28. The van der Waals surface area contributed by atoms with Crippen molar-refractivity contribution in [2.75, 3.05) is 7.05 Å². The van der Waals surface area contributed by atoms with Crippen LogP contribution in [0.3, 0.4) is 0 Å². The van der Waals surface area contributed by atoms with Crippen LogP contribution in [0.1, 0.15) is 53.3 Å². The molecule has 3 aromatic rings. The van der Waals surface area contributed by atoms with E-state index in [1.165, 1.54) is 5.56 Å². The summed E-state index contributed by atoms with van der Waals surface area (Å²) in [7, 11) is 1.93. The molecule has 1 aliphatic carbocycles. The third-order valence-electron chi connectivity index (χ3n) is 5.66. The van der Waals surface area contributed by atoms with Gasteiger partial charge >= 0.3 is 0 Å². The van der Waals surface area contributed by atoms with Crippen molar-refractivity contribution in [3.05, 3.63) is 65.6 Å². The van der Waals surface area contributed by atoms with Crippen molar-refractivity contribution in [1.29, 1.82) is 0 Å². The van der Waals surface area contributed by atoms with Crippen LogP contribution in [0.4, 0.5) is 0 Å². The molecule has 1 fully saturated rings. The van der Waals surface area contributed by atoms with Gasteiger partial charge in [0.2, 0.25) is 0 Å². The van der Waals surface area contributed by atoms with E-state index in [2.05, 4.69) is 40.5 Å². The van der Waals surface area contributed by atoms with Crippen molar-refractivity contribution < 1.29 is 4.79 Å². The van der Waals surface area contributed by atoms with E-state index in [4.69, 9.17) is 0 Å². The van der Waals surface area contributed by atoms with Crippen LogP contribution in [0.5, 0.6) is 0 Å². The van der Waals surface area contributed by atoms with Gasteiger partial charge in [0.05, 0.1) is 5.56 Å². The molecule has 26 heavy (non-hydrogen) atoms. The molecule has 1 aliphatic rings. The summed E-state index contributed by atoms with van der Waals surface area (Å²) >= 11 is 0. The van der Waals surface area contributed by atoms with Crippen LogP contribution in [0.25, 0.3) is 5.65 Å². The number of hydrogen-bond donors (Lipinski definition) is 0. The summed E-state index contributed by atoms with van der Waals surface area (Å²) in [6.45, 7) is 1.89. The third kappa shape index (κ3) is 3.09.